The molecule has 5 heteroatoms. The molecular formula is C16H29N5. The van der Waals surface area contributed by atoms with Crippen molar-refractivity contribution in [2.75, 3.05) is 38.6 Å². The number of nitrogens with zero attached hydrogens (tertiary/aromatic N) is 4. The molecule has 1 unspecified atom stereocenters. The second kappa shape index (κ2) is 6.71. The molecule has 1 aliphatic heterocycles. The molecule has 1 aromatic heterocycles. The van der Waals surface area contributed by atoms with Crippen LogP contribution in [0.5, 0.6) is 0 Å². The van der Waals surface area contributed by atoms with E-state index in [1.165, 1.54) is 19.5 Å². The van der Waals surface area contributed by atoms with E-state index in [4.69, 9.17) is 4.98 Å². The van der Waals surface area contributed by atoms with E-state index in [2.05, 4.69) is 55.0 Å². The van der Waals surface area contributed by atoms with Gasteiger partial charge in [-0.3, -0.25) is 4.98 Å². The van der Waals surface area contributed by atoms with Crippen molar-refractivity contribution in [2.24, 2.45) is 5.92 Å². The van der Waals surface area contributed by atoms with Gasteiger partial charge in [-0.1, -0.05) is 0 Å². The minimum absolute atomic E-state index is 0.0953. The van der Waals surface area contributed by atoms with Gasteiger partial charge >= 0.3 is 0 Å². The van der Waals surface area contributed by atoms with Gasteiger partial charge in [-0.25, -0.2) is 4.98 Å². The zero-order valence-corrected chi connectivity index (χ0v) is 14.1. The summed E-state index contributed by atoms with van der Waals surface area (Å²) in [4.78, 5) is 13.7. The van der Waals surface area contributed by atoms with Crippen molar-refractivity contribution in [1.29, 1.82) is 0 Å². The zero-order chi connectivity index (χ0) is 15.5. The summed E-state index contributed by atoms with van der Waals surface area (Å²) in [5.41, 5.74) is 1.09. The maximum absolute atomic E-state index is 4.72. The fourth-order valence-electron chi connectivity index (χ4n) is 2.68. The van der Waals surface area contributed by atoms with Crippen LogP contribution in [0.4, 0.5) is 5.82 Å². The number of anilines is 1. The smallest absolute Gasteiger partial charge is 0.147 e. The van der Waals surface area contributed by atoms with Crippen LogP contribution in [0.25, 0.3) is 0 Å². The van der Waals surface area contributed by atoms with Gasteiger partial charge < -0.3 is 15.1 Å². The highest BCUT2D eigenvalue weighted by molar-refractivity contribution is 5.35. The molecular weight excluding hydrogens is 262 g/mol. The van der Waals surface area contributed by atoms with Crippen LogP contribution in [0, 0.1) is 5.92 Å². The Labute approximate surface area is 128 Å². The van der Waals surface area contributed by atoms with Crippen LogP contribution in [-0.2, 0) is 6.54 Å². The highest BCUT2D eigenvalue weighted by atomic mass is 15.2. The normalized spacial score (nSPS) is 20.0. The zero-order valence-electron chi connectivity index (χ0n) is 14.1. The lowest BCUT2D eigenvalue weighted by Crippen LogP contribution is -2.35. The Bertz CT molecular complexity index is 454. The van der Waals surface area contributed by atoms with E-state index in [0.29, 0.717) is 0 Å². The molecule has 0 saturated carbocycles. The number of likely N-dealkylation sites (tertiary alicyclic amines) is 1. The largest absolute Gasteiger partial charge is 0.358 e. The second-order valence-electron chi connectivity index (χ2n) is 7.27. The molecule has 0 bridgehead atoms. The number of hydrogen-bond donors (Lipinski definition) is 1. The summed E-state index contributed by atoms with van der Waals surface area (Å²) in [6, 6.07) is 0. The molecule has 0 aromatic carbocycles. The van der Waals surface area contributed by atoms with Gasteiger partial charge in [0.1, 0.15) is 5.82 Å². The summed E-state index contributed by atoms with van der Waals surface area (Å²) in [6.07, 6.45) is 4.98. The lowest BCUT2D eigenvalue weighted by Gasteiger charge is -2.23. The number of rotatable bonds is 5. The summed E-state index contributed by atoms with van der Waals surface area (Å²) in [7, 11) is 4.31. The first-order valence-corrected chi connectivity index (χ1v) is 7.79. The summed E-state index contributed by atoms with van der Waals surface area (Å²) >= 11 is 0. The van der Waals surface area contributed by atoms with Gasteiger partial charge in [-0.15, -0.1) is 0 Å². The Kier molecular flexibility index (Phi) is 5.17. The second-order valence-corrected chi connectivity index (χ2v) is 7.27. The lowest BCUT2D eigenvalue weighted by molar-refractivity contribution is 0.395. The van der Waals surface area contributed by atoms with Gasteiger partial charge in [0.15, 0.2) is 0 Å². The first kappa shape index (κ1) is 16.2. The Hall–Kier alpha value is -1.20. The van der Waals surface area contributed by atoms with Crippen LogP contribution in [0.3, 0.4) is 0 Å². The monoisotopic (exact) mass is 291 g/mol. The summed E-state index contributed by atoms with van der Waals surface area (Å²) in [5, 5.41) is 3.46. The average Bonchev–Trinajstić information content (AvgIpc) is 2.81. The van der Waals surface area contributed by atoms with E-state index >= 15 is 0 Å². The van der Waals surface area contributed by atoms with Gasteiger partial charge in [0.05, 0.1) is 11.9 Å². The molecule has 0 aliphatic carbocycles. The Morgan fingerprint density at radius 2 is 2.14 bits per heavy atom. The Morgan fingerprint density at radius 3 is 2.76 bits per heavy atom. The highest BCUT2D eigenvalue weighted by Gasteiger charge is 2.21. The molecule has 5 nitrogen and oxygen atoms in total. The van der Waals surface area contributed by atoms with Gasteiger partial charge in [0.25, 0.3) is 0 Å². The molecule has 2 heterocycles. The molecule has 118 valence electrons. The van der Waals surface area contributed by atoms with E-state index in [-0.39, 0.29) is 5.54 Å². The Balaban J connectivity index is 1.93. The summed E-state index contributed by atoms with van der Waals surface area (Å²) in [5.74, 6) is 1.70. The van der Waals surface area contributed by atoms with E-state index in [0.717, 1.165) is 30.5 Å². The molecule has 1 aromatic rings. The quantitative estimate of drug-likeness (QED) is 0.895. The molecule has 1 saturated heterocycles. The summed E-state index contributed by atoms with van der Waals surface area (Å²) < 4.78 is 0. The van der Waals surface area contributed by atoms with E-state index in [1.54, 1.807) is 0 Å². The number of aromatic nitrogens is 2. The van der Waals surface area contributed by atoms with Gasteiger partial charge in [-0.05, 0) is 46.7 Å². The summed E-state index contributed by atoms with van der Waals surface area (Å²) in [6.45, 7) is 10.7. The molecule has 21 heavy (non-hydrogen) atoms. The van der Waals surface area contributed by atoms with Crippen molar-refractivity contribution < 1.29 is 0 Å². The molecule has 0 spiro atoms. The van der Waals surface area contributed by atoms with Gasteiger partial charge in [0, 0.05) is 38.4 Å². The van der Waals surface area contributed by atoms with Crippen molar-refractivity contribution in [3.63, 3.8) is 0 Å². The molecule has 0 amide bonds. The van der Waals surface area contributed by atoms with Crippen molar-refractivity contribution in [3.8, 4) is 0 Å². The van der Waals surface area contributed by atoms with Crippen LogP contribution >= 0.6 is 0 Å². The first-order valence-electron chi connectivity index (χ1n) is 7.79. The molecule has 2 rings (SSSR count). The third-order valence-electron chi connectivity index (χ3n) is 3.88. The standard InChI is InChI=1S/C16H29N5/c1-16(2,3)18-9-14-8-17-10-15(19-14)21(5)12-13-6-7-20(4)11-13/h8,10,13,18H,6-7,9,11-12H2,1-5H3. The fraction of sp³-hybridized carbons (Fsp3) is 0.750. The SMILES string of the molecule is CN1CCC(CN(C)c2cncc(CNC(C)(C)C)n2)C1. The van der Waals surface area contributed by atoms with Crippen LogP contribution in [0.15, 0.2) is 12.4 Å². The third kappa shape index (κ3) is 5.25. The van der Waals surface area contributed by atoms with Crippen LogP contribution in [-0.4, -0.2) is 54.1 Å². The predicted molar refractivity (Wildman–Crippen MR) is 87.5 cm³/mol. The fourth-order valence-corrected chi connectivity index (χ4v) is 2.68. The predicted octanol–water partition coefficient (Wildman–Crippen LogP) is 1.75. The molecule has 1 N–H and O–H groups in total. The van der Waals surface area contributed by atoms with Crippen molar-refractivity contribution in [2.45, 2.75) is 39.3 Å². The van der Waals surface area contributed by atoms with Crippen molar-refractivity contribution >= 4 is 5.82 Å². The molecule has 1 aliphatic rings. The highest BCUT2D eigenvalue weighted by Crippen LogP contribution is 2.18. The first-order chi connectivity index (χ1) is 9.83. The minimum Gasteiger partial charge on any atom is -0.358 e. The Morgan fingerprint density at radius 1 is 1.38 bits per heavy atom. The third-order valence-corrected chi connectivity index (χ3v) is 3.88. The van der Waals surface area contributed by atoms with E-state index in [1.807, 2.05) is 12.4 Å². The maximum atomic E-state index is 4.72. The van der Waals surface area contributed by atoms with Gasteiger partial charge in [0.2, 0.25) is 0 Å². The minimum atomic E-state index is 0.0953. The van der Waals surface area contributed by atoms with Gasteiger partial charge in [-0.2, -0.15) is 0 Å². The van der Waals surface area contributed by atoms with Crippen molar-refractivity contribution in [1.82, 2.24) is 20.2 Å². The number of nitrogens with one attached hydrogen (secondary N) is 1. The van der Waals surface area contributed by atoms with Crippen LogP contribution < -0.4 is 10.2 Å². The van der Waals surface area contributed by atoms with Crippen LogP contribution in [0.2, 0.25) is 0 Å². The maximum Gasteiger partial charge on any atom is 0.147 e. The average molecular weight is 291 g/mol. The molecule has 1 atom stereocenters. The van der Waals surface area contributed by atoms with E-state index in [9.17, 15) is 0 Å². The molecule has 1 fully saturated rings. The molecule has 0 radical (unpaired) electrons. The van der Waals surface area contributed by atoms with Crippen molar-refractivity contribution in [3.05, 3.63) is 18.1 Å². The number of hydrogen-bond acceptors (Lipinski definition) is 5. The topological polar surface area (TPSA) is 44.3 Å². The lowest BCUT2D eigenvalue weighted by atomic mass is 10.1. The van der Waals surface area contributed by atoms with Crippen LogP contribution in [0.1, 0.15) is 32.9 Å². The van der Waals surface area contributed by atoms with E-state index < -0.39 is 0 Å².